The van der Waals surface area contributed by atoms with Gasteiger partial charge in [0.1, 0.15) is 6.04 Å². The standard InChI is InChI=1S/C25H33N5O2/c1-26-25(32)23-18-28(17-20-7-3-2-4-8-20)15-16-30(23)19-24(31)27-21-9-11-22(12-10-21)29-13-5-6-14-29/h2-4,7-12,23H,5-6,13-19H2,1H3,(H,26,32)(H,27,31)/t23-/m0/s1. The zero-order chi connectivity index (χ0) is 22.3. The van der Waals surface area contributed by atoms with E-state index in [1.54, 1.807) is 7.05 Å². The lowest BCUT2D eigenvalue weighted by atomic mass is 10.1. The number of likely N-dealkylation sites (N-methyl/N-ethyl adjacent to an activating group) is 1. The third-order valence-corrected chi connectivity index (χ3v) is 6.34. The summed E-state index contributed by atoms with van der Waals surface area (Å²) in [5.74, 6) is -0.144. The molecule has 0 aliphatic carbocycles. The number of rotatable bonds is 7. The highest BCUT2D eigenvalue weighted by molar-refractivity contribution is 5.93. The highest BCUT2D eigenvalue weighted by Crippen LogP contribution is 2.22. The first-order chi connectivity index (χ1) is 15.6. The van der Waals surface area contributed by atoms with Crippen molar-refractivity contribution in [1.82, 2.24) is 15.1 Å². The minimum atomic E-state index is -0.347. The predicted octanol–water partition coefficient (Wildman–Crippen LogP) is 2.16. The van der Waals surface area contributed by atoms with Gasteiger partial charge in [0.15, 0.2) is 0 Å². The van der Waals surface area contributed by atoms with Crippen molar-refractivity contribution in [3.8, 4) is 0 Å². The summed E-state index contributed by atoms with van der Waals surface area (Å²) in [6.07, 6.45) is 2.48. The Bertz CT molecular complexity index is 896. The molecule has 0 bridgehead atoms. The molecule has 2 fully saturated rings. The van der Waals surface area contributed by atoms with Gasteiger partial charge in [0.2, 0.25) is 11.8 Å². The van der Waals surface area contributed by atoms with E-state index in [0.29, 0.717) is 13.1 Å². The molecule has 170 valence electrons. The Morgan fingerprint density at radius 1 is 0.938 bits per heavy atom. The van der Waals surface area contributed by atoms with Crippen molar-refractivity contribution < 1.29 is 9.59 Å². The SMILES string of the molecule is CNC(=O)[C@@H]1CN(Cc2ccccc2)CCN1CC(=O)Nc1ccc(N2CCCC2)cc1. The lowest BCUT2D eigenvalue weighted by Crippen LogP contribution is -2.59. The van der Waals surface area contributed by atoms with Crippen LogP contribution in [0.4, 0.5) is 11.4 Å². The molecule has 32 heavy (non-hydrogen) atoms. The maximum Gasteiger partial charge on any atom is 0.238 e. The largest absolute Gasteiger partial charge is 0.372 e. The van der Waals surface area contributed by atoms with Crippen LogP contribution in [-0.4, -0.2) is 74.0 Å². The van der Waals surface area contributed by atoms with Crippen molar-refractivity contribution in [2.24, 2.45) is 0 Å². The fraction of sp³-hybridized carbons (Fsp3) is 0.440. The summed E-state index contributed by atoms with van der Waals surface area (Å²) < 4.78 is 0. The summed E-state index contributed by atoms with van der Waals surface area (Å²) in [4.78, 5) is 31.9. The molecule has 4 rings (SSSR count). The van der Waals surface area contributed by atoms with Crippen LogP contribution < -0.4 is 15.5 Å². The van der Waals surface area contributed by atoms with Crippen LogP contribution in [0.3, 0.4) is 0 Å². The zero-order valence-electron chi connectivity index (χ0n) is 18.8. The third-order valence-electron chi connectivity index (χ3n) is 6.34. The van der Waals surface area contributed by atoms with Crippen molar-refractivity contribution in [2.75, 3.05) is 56.5 Å². The van der Waals surface area contributed by atoms with Crippen LogP contribution in [-0.2, 0) is 16.1 Å². The van der Waals surface area contributed by atoms with Crippen molar-refractivity contribution in [2.45, 2.75) is 25.4 Å². The first kappa shape index (κ1) is 22.3. The third kappa shape index (κ3) is 5.66. The number of hydrogen-bond acceptors (Lipinski definition) is 5. The van der Waals surface area contributed by atoms with Crippen LogP contribution in [0.2, 0.25) is 0 Å². The molecule has 2 heterocycles. The molecule has 2 amide bonds. The van der Waals surface area contributed by atoms with E-state index >= 15 is 0 Å². The summed E-state index contributed by atoms with van der Waals surface area (Å²) >= 11 is 0. The normalized spacial score (nSPS) is 19.7. The summed E-state index contributed by atoms with van der Waals surface area (Å²) in [6, 6.07) is 18.0. The molecule has 0 spiro atoms. The van der Waals surface area contributed by atoms with E-state index in [2.05, 4.69) is 44.7 Å². The van der Waals surface area contributed by atoms with Crippen molar-refractivity contribution >= 4 is 23.2 Å². The van der Waals surface area contributed by atoms with E-state index in [-0.39, 0.29) is 24.4 Å². The Labute approximate surface area is 190 Å². The van der Waals surface area contributed by atoms with Crippen molar-refractivity contribution in [3.05, 3.63) is 60.2 Å². The van der Waals surface area contributed by atoms with E-state index in [4.69, 9.17) is 0 Å². The quantitative estimate of drug-likeness (QED) is 0.698. The molecule has 2 aliphatic rings. The second kappa shape index (κ2) is 10.6. The summed E-state index contributed by atoms with van der Waals surface area (Å²) in [6.45, 7) is 5.30. The smallest absolute Gasteiger partial charge is 0.238 e. The average molecular weight is 436 g/mol. The lowest BCUT2D eigenvalue weighted by Gasteiger charge is -2.40. The Hall–Kier alpha value is -2.90. The molecule has 0 unspecified atom stereocenters. The molecule has 0 radical (unpaired) electrons. The summed E-state index contributed by atoms with van der Waals surface area (Å²) in [5, 5.41) is 5.75. The molecular weight excluding hydrogens is 402 g/mol. The minimum Gasteiger partial charge on any atom is -0.372 e. The molecule has 0 saturated carbocycles. The minimum absolute atomic E-state index is 0.0504. The first-order valence-corrected chi connectivity index (χ1v) is 11.5. The molecule has 7 nitrogen and oxygen atoms in total. The second-order valence-corrected chi connectivity index (χ2v) is 8.61. The van der Waals surface area contributed by atoms with Gasteiger partial charge in [0.25, 0.3) is 0 Å². The fourth-order valence-electron chi connectivity index (χ4n) is 4.58. The number of amides is 2. The molecule has 1 atom stereocenters. The number of carbonyl (C=O) groups is 2. The van der Waals surface area contributed by atoms with Gasteiger partial charge < -0.3 is 15.5 Å². The highest BCUT2D eigenvalue weighted by Gasteiger charge is 2.33. The number of nitrogens with one attached hydrogen (secondary N) is 2. The topological polar surface area (TPSA) is 67.9 Å². The number of nitrogens with zero attached hydrogens (tertiary/aromatic N) is 3. The van der Waals surface area contributed by atoms with Gasteiger partial charge in [0.05, 0.1) is 6.54 Å². The van der Waals surface area contributed by atoms with Crippen LogP contribution in [0.5, 0.6) is 0 Å². The van der Waals surface area contributed by atoms with E-state index in [0.717, 1.165) is 31.9 Å². The van der Waals surface area contributed by atoms with Gasteiger partial charge in [-0.15, -0.1) is 0 Å². The molecule has 7 heteroatoms. The second-order valence-electron chi connectivity index (χ2n) is 8.61. The van der Waals surface area contributed by atoms with E-state index in [1.807, 2.05) is 35.2 Å². The number of carbonyl (C=O) groups excluding carboxylic acids is 2. The average Bonchev–Trinajstić information content (AvgIpc) is 3.36. The lowest BCUT2D eigenvalue weighted by molar-refractivity contribution is -0.130. The van der Waals surface area contributed by atoms with E-state index in [1.165, 1.54) is 24.1 Å². The van der Waals surface area contributed by atoms with Crippen LogP contribution in [0.1, 0.15) is 18.4 Å². The fourth-order valence-corrected chi connectivity index (χ4v) is 4.58. The van der Waals surface area contributed by atoms with Gasteiger partial charge in [-0.3, -0.25) is 19.4 Å². The maximum atomic E-state index is 12.7. The van der Waals surface area contributed by atoms with Gasteiger partial charge in [0, 0.05) is 57.7 Å². The van der Waals surface area contributed by atoms with Gasteiger partial charge in [-0.2, -0.15) is 0 Å². The Balaban J connectivity index is 1.33. The molecular formula is C25H33N5O2. The highest BCUT2D eigenvalue weighted by atomic mass is 16.2. The molecule has 2 aromatic carbocycles. The van der Waals surface area contributed by atoms with E-state index in [9.17, 15) is 9.59 Å². The number of benzene rings is 2. The van der Waals surface area contributed by atoms with Crippen LogP contribution in [0, 0.1) is 0 Å². The number of hydrogen-bond donors (Lipinski definition) is 2. The molecule has 2 aromatic rings. The molecule has 2 N–H and O–H groups in total. The van der Waals surface area contributed by atoms with Crippen molar-refractivity contribution in [1.29, 1.82) is 0 Å². The Morgan fingerprint density at radius 3 is 2.34 bits per heavy atom. The van der Waals surface area contributed by atoms with Gasteiger partial charge in [-0.25, -0.2) is 0 Å². The number of anilines is 2. The molecule has 0 aromatic heterocycles. The predicted molar refractivity (Wildman–Crippen MR) is 128 cm³/mol. The first-order valence-electron chi connectivity index (χ1n) is 11.5. The van der Waals surface area contributed by atoms with Crippen LogP contribution in [0.15, 0.2) is 54.6 Å². The summed E-state index contributed by atoms with van der Waals surface area (Å²) in [5.41, 5.74) is 3.22. The summed E-state index contributed by atoms with van der Waals surface area (Å²) in [7, 11) is 1.65. The van der Waals surface area contributed by atoms with Crippen molar-refractivity contribution in [3.63, 3.8) is 0 Å². The van der Waals surface area contributed by atoms with Gasteiger partial charge >= 0.3 is 0 Å². The Kier molecular flexibility index (Phi) is 7.39. The monoisotopic (exact) mass is 435 g/mol. The van der Waals surface area contributed by atoms with Gasteiger partial charge in [-0.05, 0) is 42.7 Å². The van der Waals surface area contributed by atoms with Crippen LogP contribution >= 0.6 is 0 Å². The van der Waals surface area contributed by atoms with E-state index < -0.39 is 0 Å². The molecule has 2 aliphatic heterocycles. The zero-order valence-corrected chi connectivity index (χ0v) is 18.8. The number of piperazine rings is 1. The molecule has 2 saturated heterocycles. The maximum absolute atomic E-state index is 12.7. The van der Waals surface area contributed by atoms with Crippen LogP contribution in [0.25, 0.3) is 0 Å². The van der Waals surface area contributed by atoms with Gasteiger partial charge in [-0.1, -0.05) is 30.3 Å². The Morgan fingerprint density at radius 2 is 1.66 bits per heavy atom.